The van der Waals surface area contributed by atoms with Gasteiger partial charge >= 0.3 is 0 Å². The molecule has 2 aromatic rings. The molecule has 2 N–H and O–H groups in total. The van der Waals surface area contributed by atoms with Gasteiger partial charge in [-0.25, -0.2) is 12.8 Å². The quantitative estimate of drug-likeness (QED) is 0.553. The normalized spacial score (nSPS) is 11.6. The molecule has 5 nitrogen and oxygen atoms in total. The van der Waals surface area contributed by atoms with Crippen LogP contribution in [0.2, 0.25) is 5.02 Å². The van der Waals surface area contributed by atoms with E-state index in [1.165, 1.54) is 18.2 Å². The second kappa shape index (κ2) is 9.00. The number of rotatable bonds is 7. The monoisotopic (exact) mass is 400 g/mol. The number of halogens is 2. The third-order valence-corrected chi connectivity index (χ3v) is 5.02. The fourth-order valence-corrected chi connectivity index (χ4v) is 3.17. The Hall–Kier alpha value is -1.87. The molecule has 1 amide bonds. The number of carbonyl (C=O) groups is 1. The SMILES string of the molecule is O=C(CSc1ccccc1F)NNS(=O)(=O)/C=C/c1ccc(Cl)cc1. The molecule has 2 rings (SSSR count). The Bertz CT molecular complexity index is 871. The van der Waals surface area contributed by atoms with Crippen molar-refractivity contribution in [1.29, 1.82) is 0 Å². The van der Waals surface area contributed by atoms with Gasteiger partial charge < -0.3 is 0 Å². The molecule has 0 aliphatic rings. The van der Waals surface area contributed by atoms with Gasteiger partial charge in [0.1, 0.15) is 5.82 Å². The molecule has 0 saturated carbocycles. The number of hydrazine groups is 1. The highest BCUT2D eigenvalue weighted by molar-refractivity contribution is 8.00. The van der Waals surface area contributed by atoms with Crippen LogP contribution in [0.15, 0.2) is 58.8 Å². The topological polar surface area (TPSA) is 75.3 Å². The van der Waals surface area contributed by atoms with Crippen LogP contribution in [-0.2, 0) is 14.8 Å². The number of thioether (sulfide) groups is 1. The van der Waals surface area contributed by atoms with Crippen LogP contribution in [0.4, 0.5) is 4.39 Å². The maximum absolute atomic E-state index is 13.4. The van der Waals surface area contributed by atoms with E-state index in [0.717, 1.165) is 17.2 Å². The lowest BCUT2D eigenvalue weighted by molar-refractivity contribution is -0.119. The molecular formula is C16H14ClFN2O3S2. The first-order valence-electron chi connectivity index (χ1n) is 6.97. The number of benzene rings is 2. The van der Waals surface area contributed by atoms with Crippen molar-refractivity contribution in [1.82, 2.24) is 10.3 Å². The fourth-order valence-electron chi connectivity index (χ4n) is 1.65. The molecule has 0 aliphatic heterocycles. The Morgan fingerprint density at radius 1 is 1.16 bits per heavy atom. The second-order valence-electron chi connectivity index (χ2n) is 4.77. The number of nitrogens with one attached hydrogen (secondary N) is 2. The number of sulfonamides is 1. The summed E-state index contributed by atoms with van der Waals surface area (Å²) in [6, 6.07) is 12.6. The molecule has 9 heteroatoms. The van der Waals surface area contributed by atoms with E-state index < -0.39 is 21.7 Å². The smallest absolute Gasteiger partial charge is 0.250 e. The van der Waals surface area contributed by atoms with Crippen molar-refractivity contribution >= 4 is 45.4 Å². The molecule has 0 bridgehead atoms. The molecule has 0 spiro atoms. The summed E-state index contributed by atoms with van der Waals surface area (Å²) in [5.41, 5.74) is 2.70. The van der Waals surface area contributed by atoms with Gasteiger partial charge in [-0.15, -0.1) is 16.6 Å². The lowest BCUT2D eigenvalue weighted by Gasteiger charge is -2.06. The molecule has 0 heterocycles. The lowest BCUT2D eigenvalue weighted by Crippen LogP contribution is -2.41. The Morgan fingerprint density at radius 3 is 2.52 bits per heavy atom. The van der Waals surface area contributed by atoms with Crippen LogP contribution in [0.25, 0.3) is 6.08 Å². The standard InChI is InChI=1S/C16H14ClFN2O3S2/c17-13-7-5-12(6-8-13)9-10-25(22,23)20-19-16(21)11-24-15-4-2-1-3-14(15)18/h1-10,20H,11H2,(H,19,21)/b10-9+. The van der Waals surface area contributed by atoms with Gasteiger partial charge in [0, 0.05) is 15.3 Å². The summed E-state index contributed by atoms with van der Waals surface area (Å²) in [5.74, 6) is -1.17. The van der Waals surface area contributed by atoms with E-state index in [4.69, 9.17) is 11.6 Å². The Balaban J connectivity index is 1.83. The van der Waals surface area contributed by atoms with E-state index in [9.17, 15) is 17.6 Å². The first kappa shape index (κ1) is 19.5. The summed E-state index contributed by atoms with van der Waals surface area (Å²) < 4.78 is 37.0. The summed E-state index contributed by atoms with van der Waals surface area (Å²) >= 11 is 6.71. The first-order valence-corrected chi connectivity index (χ1v) is 9.88. The maximum atomic E-state index is 13.4. The van der Waals surface area contributed by atoms with Crippen LogP contribution in [0.5, 0.6) is 0 Å². The summed E-state index contributed by atoms with van der Waals surface area (Å²) in [6.45, 7) is 0. The number of amides is 1. The highest BCUT2D eigenvalue weighted by Gasteiger charge is 2.09. The van der Waals surface area contributed by atoms with E-state index in [0.29, 0.717) is 15.5 Å². The Kier molecular flexibility index (Phi) is 7.01. The van der Waals surface area contributed by atoms with Crippen LogP contribution < -0.4 is 10.3 Å². The summed E-state index contributed by atoms with van der Waals surface area (Å²) in [4.78, 5) is 13.9. The van der Waals surface area contributed by atoms with E-state index in [2.05, 4.69) is 5.43 Å². The van der Waals surface area contributed by atoms with Crippen LogP contribution in [-0.4, -0.2) is 20.1 Å². The van der Waals surface area contributed by atoms with Crippen LogP contribution in [0.3, 0.4) is 0 Å². The molecule has 25 heavy (non-hydrogen) atoms. The molecular weight excluding hydrogens is 387 g/mol. The van der Waals surface area contributed by atoms with Crippen molar-refractivity contribution in [2.45, 2.75) is 4.90 Å². The van der Waals surface area contributed by atoms with Gasteiger partial charge in [0.2, 0.25) is 5.91 Å². The largest absolute Gasteiger partial charge is 0.277 e. The van der Waals surface area contributed by atoms with Gasteiger partial charge in [-0.1, -0.05) is 35.9 Å². The van der Waals surface area contributed by atoms with Crippen molar-refractivity contribution in [2.75, 3.05) is 5.75 Å². The van der Waals surface area contributed by atoms with Gasteiger partial charge in [0.05, 0.1) is 5.75 Å². The van der Waals surface area contributed by atoms with E-state index in [1.54, 1.807) is 36.4 Å². The lowest BCUT2D eigenvalue weighted by atomic mass is 10.2. The molecule has 0 fully saturated rings. The van der Waals surface area contributed by atoms with E-state index in [-0.39, 0.29) is 5.75 Å². The number of hydrogen-bond donors (Lipinski definition) is 2. The van der Waals surface area contributed by atoms with E-state index >= 15 is 0 Å². The van der Waals surface area contributed by atoms with Gasteiger partial charge in [-0.3, -0.25) is 10.2 Å². The molecule has 0 unspecified atom stereocenters. The summed E-state index contributed by atoms with van der Waals surface area (Å²) in [6.07, 6.45) is 1.36. The molecule has 0 radical (unpaired) electrons. The first-order chi connectivity index (χ1) is 11.9. The number of carbonyl (C=O) groups excluding carboxylic acids is 1. The van der Waals surface area contributed by atoms with E-state index in [1.807, 2.05) is 4.83 Å². The average molecular weight is 401 g/mol. The van der Waals surface area contributed by atoms with Crippen molar-refractivity contribution in [3.63, 3.8) is 0 Å². The van der Waals surface area contributed by atoms with Gasteiger partial charge in [0.15, 0.2) is 0 Å². The third kappa shape index (κ3) is 6.87. The Morgan fingerprint density at radius 2 is 1.84 bits per heavy atom. The minimum absolute atomic E-state index is 0.135. The molecule has 0 aromatic heterocycles. The van der Waals surface area contributed by atoms with Crippen LogP contribution >= 0.6 is 23.4 Å². The summed E-state index contributed by atoms with van der Waals surface area (Å²) in [7, 11) is -3.85. The Labute approximate surface area is 154 Å². The maximum Gasteiger partial charge on any atom is 0.250 e. The average Bonchev–Trinajstić information content (AvgIpc) is 2.59. The highest BCUT2D eigenvalue weighted by Crippen LogP contribution is 2.20. The van der Waals surface area contributed by atoms with Crippen molar-refractivity contribution in [2.24, 2.45) is 0 Å². The molecule has 2 aromatic carbocycles. The van der Waals surface area contributed by atoms with Crippen molar-refractivity contribution in [3.05, 3.63) is 70.3 Å². The zero-order valence-electron chi connectivity index (χ0n) is 12.8. The van der Waals surface area contributed by atoms with Gasteiger partial charge in [0.25, 0.3) is 10.0 Å². The molecule has 132 valence electrons. The minimum atomic E-state index is -3.85. The van der Waals surface area contributed by atoms with Crippen LogP contribution in [0.1, 0.15) is 5.56 Å². The second-order valence-corrected chi connectivity index (χ2v) is 7.79. The van der Waals surface area contributed by atoms with Gasteiger partial charge in [-0.05, 0) is 35.9 Å². The van der Waals surface area contributed by atoms with Crippen molar-refractivity contribution < 1.29 is 17.6 Å². The minimum Gasteiger partial charge on any atom is -0.277 e. The van der Waals surface area contributed by atoms with Gasteiger partial charge in [-0.2, -0.15) is 0 Å². The molecule has 0 aliphatic carbocycles. The highest BCUT2D eigenvalue weighted by atomic mass is 35.5. The predicted octanol–water partition coefficient (Wildman–Crippen LogP) is 3.19. The third-order valence-electron chi connectivity index (χ3n) is 2.84. The zero-order valence-corrected chi connectivity index (χ0v) is 15.2. The van der Waals surface area contributed by atoms with Crippen LogP contribution in [0, 0.1) is 5.82 Å². The zero-order chi connectivity index (χ0) is 18.3. The molecule has 0 saturated heterocycles. The summed E-state index contributed by atoms with van der Waals surface area (Å²) in [5, 5.41) is 1.46. The van der Waals surface area contributed by atoms with Crippen molar-refractivity contribution in [3.8, 4) is 0 Å². The molecule has 0 atom stereocenters. The fraction of sp³-hybridized carbons (Fsp3) is 0.0625. The predicted molar refractivity (Wildman–Crippen MR) is 97.8 cm³/mol. The number of hydrogen-bond acceptors (Lipinski definition) is 4.